The van der Waals surface area contributed by atoms with Crippen LogP contribution < -0.4 is 0 Å². The summed E-state index contributed by atoms with van der Waals surface area (Å²) >= 11 is 6.75. The number of ketones is 3. The van der Waals surface area contributed by atoms with E-state index in [1.165, 1.54) is 5.57 Å². The first-order chi connectivity index (χ1) is 12.2. The summed E-state index contributed by atoms with van der Waals surface area (Å²) in [5.41, 5.74) is 0.848. The lowest BCUT2D eigenvalue weighted by Crippen LogP contribution is -2.55. The van der Waals surface area contributed by atoms with Crippen LogP contribution in [0, 0.1) is 34.5 Å². The third-order valence-corrected chi connectivity index (χ3v) is 9.11. The fraction of sp³-hybridized carbons (Fsp3) is 0.762. The molecular formula is C21H26Br2O3. The standard InChI is InChI=1S/C21H26Br2O3/c1-20-8-7-12(24)9-11(20)3-4-13-14-5-6-15(18(26)19(22)23)21(14,2)10-16(25)17(13)20/h9,13-15,17,19H,3-8,10H2,1-2H3/t13-,14-,15+,17+,20-,21-/m0/s1. The smallest absolute Gasteiger partial charge is 0.160 e. The summed E-state index contributed by atoms with van der Waals surface area (Å²) in [5, 5.41) is 0. The van der Waals surface area contributed by atoms with Crippen molar-refractivity contribution in [3.8, 4) is 0 Å². The van der Waals surface area contributed by atoms with Crippen LogP contribution in [-0.4, -0.2) is 21.1 Å². The molecule has 4 aliphatic carbocycles. The van der Waals surface area contributed by atoms with Crippen LogP contribution >= 0.6 is 31.9 Å². The van der Waals surface area contributed by atoms with Crippen LogP contribution in [0.25, 0.3) is 0 Å². The van der Waals surface area contributed by atoms with Gasteiger partial charge >= 0.3 is 0 Å². The fourth-order valence-electron chi connectivity index (χ4n) is 7.00. The highest BCUT2D eigenvalue weighted by molar-refractivity contribution is 9.25. The Morgan fingerprint density at radius 1 is 1.15 bits per heavy atom. The van der Waals surface area contributed by atoms with Crippen LogP contribution in [-0.2, 0) is 14.4 Å². The molecule has 3 fully saturated rings. The molecule has 0 saturated heterocycles. The fourth-order valence-corrected chi connectivity index (χ4v) is 7.64. The molecule has 3 nitrogen and oxygen atoms in total. The van der Waals surface area contributed by atoms with E-state index in [4.69, 9.17) is 0 Å². The van der Waals surface area contributed by atoms with Gasteiger partial charge in [-0.2, -0.15) is 0 Å². The van der Waals surface area contributed by atoms with Gasteiger partial charge in [-0.05, 0) is 60.8 Å². The second-order valence-corrected chi connectivity index (χ2v) is 12.4. The van der Waals surface area contributed by atoms with E-state index in [1.54, 1.807) is 0 Å². The average molecular weight is 486 g/mol. The monoisotopic (exact) mass is 484 g/mol. The summed E-state index contributed by atoms with van der Waals surface area (Å²) in [4.78, 5) is 38.1. The van der Waals surface area contributed by atoms with Gasteiger partial charge in [0.05, 0.1) is 0 Å². The molecule has 0 heterocycles. The van der Waals surface area contributed by atoms with Crippen molar-refractivity contribution in [2.75, 3.05) is 0 Å². The number of fused-ring (bicyclic) bond motifs is 5. The lowest BCUT2D eigenvalue weighted by Gasteiger charge is -2.56. The molecule has 5 heteroatoms. The Morgan fingerprint density at radius 2 is 1.88 bits per heavy atom. The van der Waals surface area contributed by atoms with E-state index in [0.717, 1.165) is 32.1 Å². The molecule has 0 aromatic rings. The van der Waals surface area contributed by atoms with Gasteiger partial charge in [0.25, 0.3) is 0 Å². The van der Waals surface area contributed by atoms with E-state index >= 15 is 0 Å². The molecule has 0 unspecified atom stereocenters. The van der Waals surface area contributed by atoms with Crippen LogP contribution in [0.4, 0.5) is 0 Å². The SMILES string of the molecule is C[C@]12CC(=O)[C@H]3[C@@H](CCC4=CC(=O)CC[C@@]43C)[C@@H]1CC[C@@H]2C(=O)C(Br)Br. The highest BCUT2D eigenvalue weighted by Crippen LogP contribution is 2.65. The zero-order valence-corrected chi connectivity index (χ0v) is 18.6. The van der Waals surface area contributed by atoms with Crippen LogP contribution in [0.15, 0.2) is 11.6 Å². The summed E-state index contributed by atoms with van der Waals surface area (Å²) < 4.78 is -0.328. The van der Waals surface area contributed by atoms with E-state index in [2.05, 4.69) is 45.7 Å². The van der Waals surface area contributed by atoms with Crippen LogP contribution in [0.3, 0.4) is 0 Å². The van der Waals surface area contributed by atoms with E-state index in [1.807, 2.05) is 6.08 Å². The van der Waals surface area contributed by atoms with Gasteiger partial charge in [0.1, 0.15) is 9.52 Å². The molecule has 0 aromatic heterocycles. The minimum absolute atomic E-state index is 0.0336. The van der Waals surface area contributed by atoms with Crippen LogP contribution in [0.2, 0.25) is 0 Å². The Balaban J connectivity index is 1.70. The zero-order valence-electron chi connectivity index (χ0n) is 15.4. The molecule has 3 saturated carbocycles. The molecule has 142 valence electrons. The predicted octanol–water partition coefficient (Wildman–Crippen LogP) is 5.00. The van der Waals surface area contributed by atoms with E-state index in [-0.39, 0.29) is 38.0 Å². The number of carbonyl (C=O) groups is 3. The van der Waals surface area contributed by atoms with Crippen molar-refractivity contribution in [3.05, 3.63) is 11.6 Å². The molecule has 0 amide bonds. The summed E-state index contributed by atoms with van der Waals surface area (Å²) in [5.74, 6) is 1.53. The molecule has 0 N–H and O–H groups in total. The van der Waals surface area contributed by atoms with Gasteiger partial charge in [0.2, 0.25) is 0 Å². The molecule has 0 radical (unpaired) electrons. The first kappa shape index (κ1) is 19.0. The summed E-state index contributed by atoms with van der Waals surface area (Å²) in [6.45, 7) is 4.40. The highest BCUT2D eigenvalue weighted by Gasteiger charge is 2.63. The predicted molar refractivity (Wildman–Crippen MR) is 107 cm³/mol. The van der Waals surface area contributed by atoms with Gasteiger partial charge in [-0.3, -0.25) is 14.4 Å². The van der Waals surface area contributed by atoms with Crippen molar-refractivity contribution in [3.63, 3.8) is 0 Å². The molecule has 0 spiro atoms. The highest BCUT2D eigenvalue weighted by atomic mass is 79.9. The maximum atomic E-state index is 13.4. The molecular weight excluding hydrogens is 460 g/mol. The van der Waals surface area contributed by atoms with E-state index < -0.39 is 0 Å². The number of rotatable bonds is 2. The third kappa shape index (κ3) is 2.59. The summed E-state index contributed by atoms with van der Waals surface area (Å²) in [7, 11) is 0. The topological polar surface area (TPSA) is 51.2 Å². The van der Waals surface area contributed by atoms with Gasteiger partial charge in [-0.1, -0.05) is 51.3 Å². The summed E-state index contributed by atoms with van der Waals surface area (Å²) in [6, 6.07) is 0. The zero-order chi connectivity index (χ0) is 18.9. The number of halogens is 2. The van der Waals surface area contributed by atoms with Crippen LogP contribution in [0.1, 0.15) is 58.8 Å². The van der Waals surface area contributed by atoms with Gasteiger partial charge in [0, 0.05) is 24.7 Å². The van der Waals surface area contributed by atoms with Crippen molar-refractivity contribution in [2.45, 2.75) is 62.5 Å². The second kappa shape index (κ2) is 6.37. The normalized spacial score (nSPS) is 45.0. The van der Waals surface area contributed by atoms with Crippen molar-refractivity contribution in [1.29, 1.82) is 0 Å². The Kier molecular flexibility index (Phi) is 4.66. The Bertz CT molecular complexity index is 712. The Hall–Kier alpha value is -0.290. The lowest BCUT2D eigenvalue weighted by atomic mass is 9.46. The van der Waals surface area contributed by atoms with Crippen molar-refractivity contribution < 1.29 is 14.4 Å². The number of hydrogen-bond donors (Lipinski definition) is 0. The molecule has 0 bridgehead atoms. The van der Waals surface area contributed by atoms with Gasteiger partial charge in [0.15, 0.2) is 11.6 Å². The van der Waals surface area contributed by atoms with Crippen molar-refractivity contribution >= 4 is 49.2 Å². The third-order valence-electron chi connectivity index (χ3n) is 8.21. The first-order valence-electron chi connectivity index (χ1n) is 9.77. The average Bonchev–Trinajstić information content (AvgIpc) is 2.90. The Labute approximate surface area is 172 Å². The molecule has 4 aliphatic rings. The molecule has 0 aromatic carbocycles. The number of allylic oxidation sites excluding steroid dienone is 1. The summed E-state index contributed by atoms with van der Waals surface area (Å²) in [6.07, 6.45) is 7.57. The number of carbonyl (C=O) groups excluding carboxylic acids is 3. The number of alkyl halides is 2. The van der Waals surface area contributed by atoms with Gasteiger partial charge in [-0.15, -0.1) is 0 Å². The Morgan fingerprint density at radius 3 is 2.58 bits per heavy atom. The van der Waals surface area contributed by atoms with E-state index in [0.29, 0.717) is 30.5 Å². The quantitative estimate of drug-likeness (QED) is 0.517. The van der Waals surface area contributed by atoms with Gasteiger partial charge < -0.3 is 0 Å². The molecule has 26 heavy (non-hydrogen) atoms. The lowest BCUT2D eigenvalue weighted by molar-refractivity contribution is -0.148. The number of Topliss-reactive ketones (excluding diaryl/α,β-unsaturated/α-hetero) is 2. The maximum absolute atomic E-state index is 13.4. The molecule has 4 rings (SSSR count). The minimum atomic E-state index is -0.328. The van der Waals surface area contributed by atoms with E-state index in [9.17, 15) is 14.4 Å². The minimum Gasteiger partial charge on any atom is -0.299 e. The van der Waals surface area contributed by atoms with Crippen molar-refractivity contribution in [2.24, 2.45) is 34.5 Å². The van der Waals surface area contributed by atoms with Crippen molar-refractivity contribution in [1.82, 2.24) is 0 Å². The van der Waals surface area contributed by atoms with Gasteiger partial charge in [-0.25, -0.2) is 0 Å². The molecule has 6 atom stereocenters. The maximum Gasteiger partial charge on any atom is 0.160 e. The second-order valence-electron chi connectivity index (χ2n) is 9.32. The largest absolute Gasteiger partial charge is 0.299 e. The van der Waals surface area contributed by atoms with Crippen LogP contribution in [0.5, 0.6) is 0 Å². The number of hydrogen-bond acceptors (Lipinski definition) is 3. The molecule has 0 aliphatic heterocycles. The first-order valence-corrected chi connectivity index (χ1v) is 11.6.